The van der Waals surface area contributed by atoms with Gasteiger partial charge in [-0.05, 0) is 26.2 Å². The summed E-state index contributed by atoms with van der Waals surface area (Å²) in [4.78, 5) is 1.88. The van der Waals surface area contributed by atoms with E-state index in [0.717, 1.165) is 12.1 Å². The Bertz CT molecular complexity index is 152. The normalized spacial score (nSPS) is 40.8. The molecule has 2 rings (SSSR count). The quantitative estimate of drug-likeness (QED) is 0.559. The summed E-state index contributed by atoms with van der Waals surface area (Å²) in [5, 5.41) is 2.56. The summed E-state index contributed by atoms with van der Waals surface area (Å²) < 4.78 is 0. The zero-order chi connectivity index (χ0) is 9.10. The highest BCUT2D eigenvalue weighted by Crippen LogP contribution is 2.02. The molecule has 13 heavy (non-hydrogen) atoms. The molecule has 2 saturated heterocycles. The number of likely N-dealkylation sites (tertiary alicyclic amines) is 1. The molecule has 2 aliphatic heterocycles. The maximum atomic E-state index is 2.56. The summed E-state index contributed by atoms with van der Waals surface area (Å²) in [5.74, 6) is 0. The lowest BCUT2D eigenvalue weighted by atomic mass is 10.0. The molecule has 0 bridgehead atoms. The molecule has 2 heterocycles. The van der Waals surface area contributed by atoms with Crippen molar-refractivity contribution in [1.82, 2.24) is 0 Å². The molecular formula is C11H24N2+2. The molecule has 2 nitrogen and oxygen atoms in total. The van der Waals surface area contributed by atoms with E-state index < -0.39 is 0 Å². The zero-order valence-corrected chi connectivity index (χ0v) is 8.89. The lowest BCUT2D eigenvalue weighted by Gasteiger charge is -2.31. The first-order valence-corrected chi connectivity index (χ1v) is 6.04. The minimum Gasteiger partial charge on any atom is -0.339 e. The lowest BCUT2D eigenvalue weighted by molar-refractivity contribution is -0.943. The zero-order valence-electron chi connectivity index (χ0n) is 8.89. The van der Waals surface area contributed by atoms with Gasteiger partial charge in [-0.3, -0.25) is 0 Å². The Morgan fingerprint density at radius 3 is 2.85 bits per heavy atom. The van der Waals surface area contributed by atoms with E-state index in [4.69, 9.17) is 0 Å². The average Bonchev–Trinajstić information content (AvgIpc) is 2.61. The van der Waals surface area contributed by atoms with Gasteiger partial charge in [0.05, 0.1) is 19.1 Å². The van der Waals surface area contributed by atoms with Gasteiger partial charge in [-0.15, -0.1) is 0 Å². The fourth-order valence-corrected chi connectivity index (χ4v) is 2.93. The highest BCUT2D eigenvalue weighted by atomic mass is 15.2. The minimum absolute atomic E-state index is 0.933. The van der Waals surface area contributed by atoms with E-state index in [1.807, 2.05) is 4.90 Å². The van der Waals surface area contributed by atoms with E-state index in [9.17, 15) is 0 Å². The van der Waals surface area contributed by atoms with Crippen LogP contribution in [0, 0.1) is 0 Å². The molecule has 3 N–H and O–H groups in total. The summed E-state index contributed by atoms with van der Waals surface area (Å²) in [6.07, 6.45) is 7.32. The van der Waals surface area contributed by atoms with Crippen LogP contribution in [0.1, 0.15) is 39.0 Å². The fourth-order valence-electron chi connectivity index (χ4n) is 2.93. The van der Waals surface area contributed by atoms with Crippen molar-refractivity contribution < 1.29 is 10.2 Å². The van der Waals surface area contributed by atoms with Gasteiger partial charge in [0, 0.05) is 12.8 Å². The largest absolute Gasteiger partial charge is 0.339 e. The first-order chi connectivity index (χ1) is 6.36. The van der Waals surface area contributed by atoms with Crippen LogP contribution in [-0.2, 0) is 0 Å². The van der Waals surface area contributed by atoms with Gasteiger partial charge in [0.15, 0.2) is 0 Å². The van der Waals surface area contributed by atoms with Gasteiger partial charge in [-0.25, -0.2) is 0 Å². The number of piperidine rings is 1. The van der Waals surface area contributed by atoms with Crippen LogP contribution in [0.25, 0.3) is 0 Å². The van der Waals surface area contributed by atoms with Crippen molar-refractivity contribution in [2.45, 2.75) is 51.1 Å². The number of rotatable bonds is 2. The minimum atomic E-state index is 0.933. The van der Waals surface area contributed by atoms with E-state index in [-0.39, 0.29) is 0 Å². The third-order valence-electron chi connectivity index (χ3n) is 3.89. The maximum Gasteiger partial charge on any atom is 0.136 e. The lowest BCUT2D eigenvalue weighted by Crippen LogP contribution is -3.19. The van der Waals surface area contributed by atoms with Gasteiger partial charge in [-0.2, -0.15) is 0 Å². The van der Waals surface area contributed by atoms with Gasteiger partial charge < -0.3 is 10.2 Å². The molecular weight excluding hydrogens is 160 g/mol. The maximum absolute atomic E-state index is 2.56. The predicted molar refractivity (Wildman–Crippen MR) is 53.8 cm³/mol. The van der Waals surface area contributed by atoms with Crippen LogP contribution >= 0.6 is 0 Å². The van der Waals surface area contributed by atoms with E-state index in [0.29, 0.717) is 0 Å². The second-order valence-electron chi connectivity index (χ2n) is 4.94. The molecule has 0 spiro atoms. The Labute approximate surface area is 81.7 Å². The summed E-state index contributed by atoms with van der Waals surface area (Å²) >= 11 is 0. The molecule has 2 fully saturated rings. The van der Waals surface area contributed by atoms with Crippen molar-refractivity contribution in [2.75, 3.05) is 19.6 Å². The third-order valence-corrected chi connectivity index (χ3v) is 3.89. The van der Waals surface area contributed by atoms with Crippen molar-refractivity contribution in [3.8, 4) is 0 Å². The van der Waals surface area contributed by atoms with Gasteiger partial charge in [-0.1, -0.05) is 0 Å². The molecule has 0 aromatic carbocycles. The number of hydrogen-bond acceptors (Lipinski definition) is 0. The molecule has 0 aromatic heterocycles. The van der Waals surface area contributed by atoms with Crippen LogP contribution < -0.4 is 10.2 Å². The highest BCUT2D eigenvalue weighted by molar-refractivity contribution is 4.61. The van der Waals surface area contributed by atoms with Gasteiger partial charge in [0.1, 0.15) is 12.6 Å². The smallest absolute Gasteiger partial charge is 0.136 e. The van der Waals surface area contributed by atoms with Crippen LogP contribution in [0.3, 0.4) is 0 Å². The molecule has 0 amide bonds. The predicted octanol–water partition coefficient (Wildman–Crippen LogP) is -0.830. The topological polar surface area (TPSA) is 21.1 Å². The molecule has 2 aliphatic rings. The highest BCUT2D eigenvalue weighted by Gasteiger charge is 2.28. The first kappa shape index (κ1) is 9.47. The Morgan fingerprint density at radius 1 is 1.23 bits per heavy atom. The first-order valence-electron chi connectivity index (χ1n) is 6.04. The van der Waals surface area contributed by atoms with E-state index in [1.54, 1.807) is 0 Å². The monoisotopic (exact) mass is 184 g/mol. The molecule has 76 valence electrons. The Balaban J connectivity index is 1.78. The molecule has 0 radical (unpaired) electrons. The van der Waals surface area contributed by atoms with Crippen LogP contribution in [0.5, 0.6) is 0 Å². The van der Waals surface area contributed by atoms with Gasteiger partial charge in [0.2, 0.25) is 0 Å². The molecule has 3 atom stereocenters. The second kappa shape index (κ2) is 4.43. The van der Waals surface area contributed by atoms with Crippen molar-refractivity contribution in [2.24, 2.45) is 0 Å². The Morgan fingerprint density at radius 2 is 2.15 bits per heavy atom. The number of quaternary nitrogens is 2. The van der Waals surface area contributed by atoms with Crippen molar-refractivity contribution >= 4 is 0 Å². The fraction of sp³-hybridized carbons (Fsp3) is 1.00. The van der Waals surface area contributed by atoms with Crippen molar-refractivity contribution in [3.05, 3.63) is 0 Å². The SMILES string of the molecule is C[C@@H]1CCCC[NH+]1C[C@@H]1CCC[NH2+]1. The molecule has 0 saturated carbocycles. The third kappa shape index (κ3) is 2.44. The second-order valence-corrected chi connectivity index (χ2v) is 4.94. The van der Waals surface area contributed by atoms with E-state index in [2.05, 4.69) is 12.2 Å². The Kier molecular flexibility index (Phi) is 3.23. The van der Waals surface area contributed by atoms with Crippen LogP contribution in [0.2, 0.25) is 0 Å². The van der Waals surface area contributed by atoms with Crippen molar-refractivity contribution in [3.63, 3.8) is 0 Å². The summed E-state index contributed by atoms with van der Waals surface area (Å²) in [5.41, 5.74) is 0. The number of hydrogen-bond donors (Lipinski definition) is 2. The van der Waals surface area contributed by atoms with E-state index in [1.165, 1.54) is 51.7 Å². The van der Waals surface area contributed by atoms with Crippen LogP contribution in [0.4, 0.5) is 0 Å². The standard InChI is InChI=1S/C11H22N2/c1-10-5-2-3-8-13(10)9-11-6-4-7-12-11/h10-12H,2-9H2,1H3/p+2/t10-,11+/m1/s1. The van der Waals surface area contributed by atoms with Crippen molar-refractivity contribution in [1.29, 1.82) is 0 Å². The number of nitrogens with one attached hydrogen (secondary N) is 1. The molecule has 0 aromatic rings. The molecule has 2 heteroatoms. The average molecular weight is 184 g/mol. The summed E-state index contributed by atoms with van der Waals surface area (Å²) in [6.45, 7) is 6.68. The summed E-state index contributed by atoms with van der Waals surface area (Å²) in [6, 6.07) is 1.89. The Hall–Kier alpha value is -0.0800. The molecule has 0 aliphatic carbocycles. The van der Waals surface area contributed by atoms with E-state index >= 15 is 0 Å². The van der Waals surface area contributed by atoms with Crippen LogP contribution in [0.15, 0.2) is 0 Å². The molecule has 1 unspecified atom stereocenters. The summed E-state index contributed by atoms with van der Waals surface area (Å²) in [7, 11) is 0. The van der Waals surface area contributed by atoms with Crippen LogP contribution in [-0.4, -0.2) is 31.7 Å². The number of nitrogens with two attached hydrogens (primary N) is 1. The van der Waals surface area contributed by atoms with Gasteiger partial charge in [0.25, 0.3) is 0 Å². The van der Waals surface area contributed by atoms with Gasteiger partial charge >= 0.3 is 0 Å².